The number of amides is 1. The number of methoxy groups -OCH3 is 1. The van der Waals surface area contributed by atoms with Gasteiger partial charge in [0.1, 0.15) is 22.8 Å². The number of hydrogen-bond acceptors (Lipinski definition) is 5. The van der Waals surface area contributed by atoms with E-state index in [4.69, 9.17) is 9.26 Å². The summed E-state index contributed by atoms with van der Waals surface area (Å²) in [6.07, 6.45) is 3.98. The van der Waals surface area contributed by atoms with E-state index in [-0.39, 0.29) is 5.91 Å². The molecule has 0 atom stereocenters. The topological polar surface area (TPSA) is 77.2 Å². The van der Waals surface area contributed by atoms with Crippen LogP contribution in [0.15, 0.2) is 53.3 Å². The average Bonchev–Trinajstić information content (AvgIpc) is 3.04. The molecule has 2 aromatic heterocycles. The van der Waals surface area contributed by atoms with Crippen molar-refractivity contribution in [2.24, 2.45) is 0 Å². The Labute approximate surface area is 145 Å². The summed E-state index contributed by atoms with van der Waals surface area (Å²) in [6, 6.07) is 11.3. The number of rotatable bonds is 6. The Hall–Kier alpha value is -3.15. The van der Waals surface area contributed by atoms with Crippen molar-refractivity contribution in [2.45, 2.75) is 13.3 Å². The minimum absolute atomic E-state index is 0.208. The van der Waals surface area contributed by atoms with Crippen molar-refractivity contribution in [2.75, 3.05) is 13.7 Å². The van der Waals surface area contributed by atoms with Gasteiger partial charge in [0.25, 0.3) is 5.91 Å². The highest BCUT2D eigenvalue weighted by molar-refractivity contribution is 6.00. The Morgan fingerprint density at radius 2 is 1.96 bits per heavy atom. The van der Waals surface area contributed by atoms with Gasteiger partial charge in [-0.1, -0.05) is 23.4 Å². The van der Waals surface area contributed by atoms with Crippen LogP contribution in [-0.4, -0.2) is 29.7 Å². The normalized spacial score (nSPS) is 10.5. The second-order valence-electron chi connectivity index (χ2n) is 5.52. The number of aromatic nitrogens is 2. The molecule has 128 valence electrons. The highest BCUT2D eigenvalue weighted by Crippen LogP contribution is 2.24. The number of ether oxygens (including phenoxy) is 1. The molecule has 3 aromatic rings. The summed E-state index contributed by atoms with van der Waals surface area (Å²) >= 11 is 0. The third-order valence-corrected chi connectivity index (χ3v) is 3.92. The van der Waals surface area contributed by atoms with Crippen LogP contribution in [0.3, 0.4) is 0 Å². The summed E-state index contributed by atoms with van der Waals surface area (Å²) in [5, 5.41) is 6.94. The molecule has 0 aliphatic carbocycles. The smallest absolute Gasteiger partial charge is 0.257 e. The molecule has 6 heteroatoms. The van der Waals surface area contributed by atoms with Crippen LogP contribution in [-0.2, 0) is 6.42 Å². The predicted octanol–water partition coefficient (Wildman–Crippen LogP) is 3.03. The monoisotopic (exact) mass is 337 g/mol. The first kappa shape index (κ1) is 16.7. The quantitative estimate of drug-likeness (QED) is 0.748. The van der Waals surface area contributed by atoms with Gasteiger partial charge in [0.05, 0.1) is 7.11 Å². The maximum absolute atomic E-state index is 12.6. The molecule has 6 nitrogen and oxygen atoms in total. The SMILES string of the molecule is COc1ccccc1CCNC(=O)c1c(-c2ccncc2)noc1C. The molecular weight excluding hydrogens is 318 g/mol. The maximum atomic E-state index is 12.6. The Morgan fingerprint density at radius 3 is 2.72 bits per heavy atom. The van der Waals surface area contributed by atoms with Crippen LogP contribution in [0, 0.1) is 6.92 Å². The molecule has 0 unspecified atom stereocenters. The first-order valence-corrected chi connectivity index (χ1v) is 7.97. The molecule has 0 saturated heterocycles. The lowest BCUT2D eigenvalue weighted by molar-refractivity contribution is 0.0953. The summed E-state index contributed by atoms with van der Waals surface area (Å²) in [6.45, 7) is 2.21. The minimum atomic E-state index is -0.208. The van der Waals surface area contributed by atoms with E-state index in [0.717, 1.165) is 16.9 Å². The van der Waals surface area contributed by atoms with E-state index in [9.17, 15) is 4.79 Å². The van der Waals surface area contributed by atoms with Gasteiger partial charge in [0.2, 0.25) is 0 Å². The second kappa shape index (κ2) is 7.61. The fraction of sp³-hybridized carbons (Fsp3) is 0.211. The zero-order valence-corrected chi connectivity index (χ0v) is 14.2. The molecule has 0 radical (unpaired) electrons. The zero-order valence-electron chi connectivity index (χ0n) is 14.2. The van der Waals surface area contributed by atoms with Crippen molar-refractivity contribution >= 4 is 5.91 Å². The number of nitrogens with zero attached hydrogens (tertiary/aromatic N) is 2. The number of para-hydroxylation sites is 1. The van der Waals surface area contributed by atoms with Crippen molar-refractivity contribution in [3.63, 3.8) is 0 Å². The fourth-order valence-corrected chi connectivity index (χ4v) is 2.65. The van der Waals surface area contributed by atoms with Crippen molar-refractivity contribution in [3.8, 4) is 17.0 Å². The molecule has 0 spiro atoms. The van der Waals surface area contributed by atoms with Crippen LogP contribution in [0.4, 0.5) is 0 Å². The highest BCUT2D eigenvalue weighted by Gasteiger charge is 2.21. The molecule has 1 aromatic carbocycles. The standard InChI is InChI=1S/C19H19N3O3/c1-13-17(18(22-25-13)15-7-10-20-11-8-15)19(23)21-12-9-14-5-3-4-6-16(14)24-2/h3-8,10-11H,9,12H2,1-2H3,(H,21,23). The molecule has 25 heavy (non-hydrogen) atoms. The Kier molecular flexibility index (Phi) is 5.09. The molecule has 1 N–H and O–H groups in total. The van der Waals surface area contributed by atoms with E-state index in [0.29, 0.717) is 30.0 Å². The van der Waals surface area contributed by atoms with E-state index >= 15 is 0 Å². The summed E-state index contributed by atoms with van der Waals surface area (Å²) in [7, 11) is 1.64. The highest BCUT2D eigenvalue weighted by atomic mass is 16.5. The predicted molar refractivity (Wildman–Crippen MR) is 93.5 cm³/mol. The van der Waals surface area contributed by atoms with Gasteiger partial charge in [0.15, 0.2) is 0 Å². The lowest BCUT2D eigenvalue weighted by atomic mass is 10.1. The zero-order chi connectivity index (χ0) is 17.6. The van der Waals surface area contributed by atoms with E-state index < -0.39 is 0 Å². The van der Waals surface area contributed by atoms with Gasteiger partial charge in [0, 0.05) is 24.5 Å². The molecule has 3 rings (SSSR count). The van der Waals surface area contributed by atoms with Crippen LogP contribution in [0.25, 0.3) is 11.3 Å². The summed E-state index contributed by atoms with van der Waals surface area (Å²) < 4.78 is 10.5. The number of carbonyl (C=O) groups is 1. The van der Waals surface area contributed by atoms with Gasteiger partial charge in [-0.2, -0.15) is 0 Å². The summed E-state index contributed by atoms with van der Waals surface area (Å²) in [5.41, 5.74) is 2.81. The Morgan fingerprint density at radius 1 is 1.20 bits per heavy atom. The van der Waals surface area contributed by atoms with E-state index in [1.807, 2.05) is 24.3 Å². The van der Waals surface area contributed by atoms with Crippen LogP contribution in [0.5, 0.6) is 5.75 Å². The van der Waals surface area contributed by atoms with E-state index in [2.05, 4.69) is 15.5 Å². The molecule has 0 aliphatic heterocycles. The van der Waals surface area contributed by atoms with Gasteiger partial charge >= 0.3 is 0 Å². The lowest BCUT2D eigenvalue weighted by Crippen LogP contribution is -2.26. The Balaban J connectivity index is 1.71. The van der Waals surface area contributed by atoms with Crippen LogP contribution < -0.4 is 10.1 Å². The van der Waals surface area contributed by atoms with Crippen molar-refractivity contribution in [1.82, 2.24) is 15.5 Å². The molecule has 0 bridgehead atoms. The third kappa shape index (κ3) is 3.68. The average molecular weight is 337 g/mol. The van der Waals surface area contributed by atoms with Crippen LogP contribution in [0.1, 0.15) is 21.7 Å². The molecule has 1 amide bonds. The molecule has 0 fully saturated rings. The minimum Gasteiger partial charge on any atom is -0.496 e. The number of aryl methyl sites for hydroxylation is 1. The van der Waals surface area contributed by atoms with Crippen molar-refractivity contribution in [3.05, 3.63) is 65.7 Å². The summed E-state index contributed by atoms with van der Waals surface area (Å²) in [4.78, 5) is 16.6. The molecular formula is C19H19N3O3. The first-order valence-electron chi connectivity index (χ1n) is 7.97. The van der Waals surface area contributed by atoms with Crippen LogP contribution in [0.2, 0.25) is 0 Å². The van der Waals surface area contributed by atoms with Gasteiger partial charge in [-0.15, -0.1) is 0 Å². The number of carbonyl (C=O) groups excluding carboxylic acids is 1. The van der Waals surface area contributed by atoms with Gasteiger partial charge in [-0.05, 0) is 37.1 Å². The largest absolute Gasteiger partial charge is 0.496 e. The molecule has 0 aliphatic rings. The lowest BCUT2D eigenvalue weighted by Gasteiger charge is -2.09. The second-order valence-corrected chi connectivity index (χ2v) is 5.52. The third-order valence-electron chi connectivity index (χ3n) is 3.92. The summed E-state index contributed by atoms with van der Waals surface area (Å²) in [5.74, 6) is 1.09. The first-order chi connectivity index (χ1) is 12.2. The number of benzene rings is 1. The number of nitrogens with one attached hydrogen (secondary N) is 1. The van der Waals surface area contributed by atoms with Gasteiger partial charge < -0.3 is 14.6 Å². The number of pyridine rings is 1. The Bertz CT molecular complexity index is 859. The van der Waals surface area contributed by atoms with E-state index in [1.165, 1.54) is 0 Å². The maximum Gasteiger partial charge on any atom is 0.257 e. The van der Waals surface area contributed by atoms with Crippen molar-refractivity contribution < 1.29 is 14.1 Å². The van der Waals surface area contributed by atoms with E-state index in [1.54, 1.807) is 38.6 Å². The van der Waals surface area contributed by atoms with Gasteiger partial charge in [-0.25, -0.2) is 0 Å². The number of hydrogen-bond donors (Lipinski definition) is 1. The van der Waals surface area contributed by atoms with Crippen molar-refractivity contribution in [1.29, 1.82) is 0 Å². The molecule has 2 heterocycles. The van der Waals surface area contributed by atoms with Gasteiger partial charge in [-0.3, -0.25) is 9.78 Å². The molecule has 0 saturated carbocycles. The fourth-order valence-electron chi connectivity index (χ4n) is 2.65. The van der Waals surface area contributed by atoms with Crippen LogP contribution >= 0.6 is 0 Å².